The molecule has 146 valence electrons. The maximum Gasteiger partial charge on any atom is 0.308 e. The number of aromatic nitrogens is 4. The fourth-order valence-electron chi connectivity index (χ4n) is 2.90. The smallest absolute Gasteiger partial charge is 0.308 e. The molecule has 3 rings (SSSR count). The topological polar surface area (TPSA) is 98.5 Å². The number of hydrogen-bond acceptors (Lipinski definition) is 6. The van der Waals surface area contributed by atoms with Gasteiger partial charge in [0.15, 0.2) is 0 Å². The Morgan fingerprint density at radius 3 is 2.54 bits per heavy atom. The fourth-order valence-corrected chi connectivity index (χ4v) is 2.90. The zero-order chi connectivity index (χ0) is 20.3. The minimum Gasteiger partial charge on any atom is -0.463 e. The molecule has 1 atom stereocenters. The maximum absolute atomic E-state index is 12.8. The predicted molar refractivity (Wildman–Crippen MR) is 103 cm³/mol. The fraction of sp³-hybridized carbons (Fsp3) is 0.350. The van der Waals surface area contributed by atoms with Gasteiger partial charge in [0.2, 0.25) is 5.82 Å². The van der Waals surface area contributed by atoms with Crippen LogP contribution in [0.3, 0.4) is 0 Å². The number of carbonyl (C=O) groups excluding carboxylic acids is 2. The molecule has 0 bridgehead atoms. The Morgan fingerprint density at radius 1 is 1.14 bits per heavy atom. The van der Waals surface area contributed by atoms with Gasteiger partial charge < -0.3 is 10.1 Å². The summed E-state index contributed by atoms with van der Waals surface area (Å²) in [5.74, 6) is -0.508. The van der Waals surface area contributed by atoms with Crippen LogP contribution in [0.2, 0.25) is 0 Å². The summed E-state index contributed by atoms with van der Waals surface area (Å²) >= 11 is 0. The minimum atomic E-state index is -0.553. The molecule has 8 heteroatoms. The number of esters is 1. The van der Waals surface area contributed by atoms with Crippen LogP contribution in [0, 0.1) is 13.8 Å². The third-order valence-corrected chi connectivity index (χ3v) is 4.07. The van der Waals surface area contributed by atoms with Crippen molar-refractivity contribution in [2.75, 3.05) is 0 Å². The lowest BCUT2D eigenvalue weighted by Crippen LogP contribution is -2.31. The summed E-state index contributed by atoms with van der Waals surface area (Å²) in [7, 11) is 0. The lowest BCUT2D eigenvalue weighted by Gasteiger charge is -2.18. The molecule has 1 aromatic carbocycles. The van der Waals surface area contributed by atoms with Crippen molar-refractivity contribution >= 4 is 17.7 Å². The van der Waals surface area contributed by atoms with E-state index in [1.54, 1.807) is 13.8 Å². The zero-order valence-corrected chi connectivity index (χ0v) is 16.3. The average molecular weight is 381 g/mol. The number of aryl methyl sites for hydroxylation is 2. The van der Waals surface area contributed by atoms with Crippen molar-refractivity contribution in [3.63, 3.8) is 0 Å². The van der Waals surface area contributed by atoms with E-state index < -0.39 is 11.9 Å². The molecule has 1 amide bonds. The number of nitrogens with one attached hydrogen (secondary N) is 1. The van der Waals surface area contributed by atoms with Gasteiger partial charge in [-0.25, -0.2) is 9.50 Å². The zero-order valence-electron chi connectivity index (χ0n) is 16.3. The average Bonchev–Trinajstić information content (AvgIpc) is 3.05. The molecule has 0 saturated carbocycles. The Balaban J connectivity index is 1.84. The summed E-state index contributed by atoms with van der Waals surface area (Å²) in [5.41, 5.74) is 2.42. The minimum absolute atomic E-state index is 0.000594. The van der Waals surface area contributed by atoms with E-state index in [1.165, 1.54) is 4.52 Å². The molecule has 1 N–H and O–H groups in total. The number of hydrogen-bond donors (Lipinski definition) is 1. The number of fused-ring (bicyclic) bond motifs is 1. The third-order valence-electron chi connectivity index (χ3n) is 4.07. The monoisotopic (exact) mass is 381 g/mol. The standard InChI is InChI=1S/C20H23N5O3/c1-12(2)28-17(26)11-16(15-8-6-5-7-9-15)22-19(27)18-23-20-21-13(3)10-14(4)25(20)24-18/h5-10,12,16H,11H2,1-4H3,(H,22,27). The molecular formula is C20H23N5O3. The van der Waals surface area contributed by atoms with Gasteiger partial charge in [0.25, 0.3) is 11.7 Å². The summed E-state index contributed by atoms with van der Waals surface area (Å²) < 4.78 is 6.75. The number of ether oxygens (including phenoxy) is 1. The van der Waals surface area contributed by atoms with E-state index in [2.05, 4.69) is 20.4 Å². The Kier molecular flexibility index (Phi) is 5.67. The number of nitrogens with zero attached hydrogens (tertiary/aromatic N) is 4. The summed E-state index contributed by atoms with van der Waals surface area (Å²) in [6.45, 7) is 7.29. The molecule has 0 aliphatic heterocycles. The molecule has 0 aliphatic rings. The molecule has 0 aliphatic carbocycles. The molecule has 3 aromatic rings. The number of benzene rings is 1. The third kappa shape index (κ3) is 4.51. The van der Waals surface area contributed by atoms with E-state index in [0.29, 0.717) is 5.78 Å². The Hall–Kier alpha value is -3.29. The molecule has 28 heavy (non-hydrogen) atoms. The van der Waals surface area contributed by atoms with Crippen molar-refractivity contribution in [3.05, 3.63) is 59.2 Å². The van der Waals surface area contributed by atoms with Crippen LogP contribution in [0.15, 0.2) is 36.4 Å². The number of rotatable bonds is 6. The Bertz CT molecular complexity index is 998. The van der Waals surface area contributed by atoms with E-state index in [0.717, 1.165) is 17.0 Å². The molecule has 1 unspecified atom stereocenters. The molecule has 0 saturated heterocycles. The normalized spacial score (nSPS) is 12.2. The van der Waals surface area contributed by atoms with Crippen LogP contribution in [-0.4, -0.2) is 37.6 Å². The lowest BCUT2D eigenvalue weighted by molar-refractivity contribution is -0.147. The van der Waals surface area contributed by atoms with Crippen molar-refractivity contribution in [1.82, 2.24) is 24.9 Å². The van der Waals surface area contributed by atoms with Gasteiger partial charge in [-0.3, -0.25) is 9.59 Å². The van der Waals surface area contributed by atoms with Crippen LogP contribution in [0.25, 0.3) is 5.78 Å². The predicted octanol–water partition coefficient (Wildman–Crippen LogP) is 2.55. The van der Waals surface area contributed by atoms with Crippen LogP contribution >= 0.6 is 0 Å². The van der Waals surface area contributed by atoms with E-state index in [1.807, 2.05) is 50.2 Å². The summed E-state index contributed by atoms with van der Waals surface area (Å²) in [5, 5.41) is 7.09. The second-order valence-corrected chi connectivity index (χ2v) is 6.87. The summed E-state index contributed by atoms with van der Waals surface area (Å²) in [6, 6.07) is 10.6. The molecular weight excluding hydrogens is 358 g/mol. The molecule has 2 aromatic heterocycles. The maximum atomic E-state index is 12.8. The van der Waals surface area contributed by atoms with Crippen molar-refractivity contribution in [3.8, 4) is 0 Å². The van der Waals surface area contributed by atoms with E-state index in [4.69, 9.17) is 4.74 Å². The number of amides is 1. The van der Waals surface area contributed by atoms with Crippen molar-refractivity contribution in [2.45, 2.75) is 46.3 Å². The molecule has 0 spiro atoms. The SMILES string of the molecule is Cc1cc(C)n2nc(C(=O)NC(CC(=O)OC(C)C)c3ccccc3)nc2n1. The van der Waals surface area contributed by atoms with Gasteiger partial charge >= 0.3 is 5.97 Å². The van der Waals surface area contributed by atoms with E-state index >= 15 is 0 Å². The van der Waals surface area contributed by atoms with Gasteiger partial charge in [0.05, 0.1) is 18.6 Å². The Labute approximate surface area is 163 Å². The van der Waals surface area contributed by atoms with Gasteiger partial charge in [0.1, 0.15) is 0 Å². The molecule has 0 fully saturated rings. The highest BCUT2D eigenvalue weighted by Gasteiger charge is 2.23. The van der Waals surface area contributed by atoms with Gasteiger partial charge in [0, 0.05) is 11.4 Å². The first-order valence-corrected chi connectivity index (χ1v) is 9.10. The van der Waals surface area contributed by atoms with Crippen molar-refractivity contribution < 1.29 is 14.3 Å². The van der Waals surface area contributed by atoms with Gasteiger partial charge in [-0.1, -0.05) is 30.3 Å². The van der Waals surface area contributed by atoms with Crippen LogP contribution in [0.4, 0.5) is 0 Å². The quantitative estimate of drug-likeness (QED) is 0.659. The van der Waals surface area contributed by atoms with Crippen LogP contribution in [0.5, 0.6) is 0 Å². The van der Waals surface area contributed by atoms with Crippen LogP contribution < -0.4 is 5.32 Å². The number of carbonyl (C=O) groups is 2. The van der Waals surface area contributed by atoms with Crippen molar-refractivity contribution in [1.29, 1.82) is 0 Å². The van der Waals surface area contributed by atoms with Crippen LogP contribution in [0.1, 0.15) is 53.9 Å². The van der Waals surface area contributed by atoms with E-state index in [9.17, 15) is 9.59 Å². The largest absolute Gasteiger partial charge is 0.463 e. The van der Waals surface area contributed by atoms with E-state index in [-0.39, 0.29) is 24.3 Å². The molecule has 8 nitrogen and oxygen atoms in total. The first-order chi connectivity index (χ1) is 13.3. The van der Waals surface area contributed by atoms with Gasteiger partial charge in [-0.2, -0.15) is 4.98 Å². The molecule has 2 heterocycles. The lowest BCUT2D eigenvalue weighted by atomic mass is 10.0. The summed E-state index contributed by atoms with van der Waals surface area (Å²) in [6.07, 6.45) is -0.213. The summed E-state index contributed by atoms with van der Waals surface area (Å²) in [4.78, 5) is 33.4. The highest BCUT2D eigenvalue weighted by Crippen LogP contribution is 2.18. The van der Waals surface area contributed by atoms with Crippen molar-refractivity contribution in [2.24, 2.45) is 0 Å². The van der Waals surface area contributed by atoms with Gasteiger partial charge in [-0.15, -0.1) is 5.10 Å². The Morgan fingerprint density at radius 2 is 1.86 bits per heavy atom. The highest BCUT2D eigenvalue weighted by atomic mass is 16.5. The second kappa shape index (κ2) is 8.16. The highest BCUT2D eigenvalue weighted by molar-refractivity contribution is 5.91. The van der Waals surface area contributed by atoms with Gasteiger partial charge in [-0.05, 0) is 39.3 Å². The first-order valence-electron chi connectivity index (χ1n) is 9.10. The molecule has 0 radical (unpaired) electrons. The second-order valence-electron chi connectivity index (χ2n) is 6.87. The first kappa shape index (κ1) is 19.5. The van der Waals surface area contributed by atoms with Crippen LogP contribution in [-0.2, 0) is 9.53 Å².